The van der Waals surface area contributed by atoms with Crippen LogP contribution in [0.3, 0.4) is 0 Å². The fourth-order valence-electron chi connectivity index (χ4n) is 3.31. The van der Waals surface area contributed by atoms with Crippen LogP contribution in [0.1, 0.15) is 57.2 Å². The smallest absolute Gasteiger partial charge is 0.0322 e. The molecule has 0 aromatic heterocycles. The highest BCUT2D eigenvalue weighted by atomic mass is 32.2. The molecule has 1 aromatic rings. The van der Waals surface area contributed by atoms with Gasteiger partial charge in [0, 0.05) is 6.04 Å². The van der Waals surface area contributed by atoms with Crippen LogP contribution in [0.2, 0.25) is 0 Å². The number of nitrogens with one attached hydrogen (secondary N) is 1. The highest BCUT2D eigenvalue weighted by Gasteiger charge is 2.20. The number of hydrogen-bond acceptors (Lipinski definition) is 2. The normalized spacial score (nSPS) is 18.1. The Morgan fingerprint density at radius 2 is 2.00 bits per heavy atom. The van der Waals surface area contributed by atoms with E-state index in [2.05, 4.69) is 62.1 Å². The van der Waals surface area contributed by atoms with Gasteiger partial charge in [-0.2, -0.15) is 11.8 Å². The van der Waals surface area contributed by atoms with E-state index in [4.69, 9.17) is 0 Å². The Bertz CT molecular complexity index is 410. The van der Waals surface area contributed by atoms with Gasteiger partial charge in [0.25, 0.3) is 0 Å². The van der Waals surface area contributed by atoms with Crippen molar-refractivity contribution in [2.75, 3.05) is 18.1 Å². The summed E-state index contributed by atoms with van der Waals surface area (Å²) in [6.45, 7) is 7.88. The zero-order chi connectivity index (χ0) is 15.1. The van der Waals surface area contributed by atoms with Gasteiger partial charge >= 0.3 is 0 Å². The van der Waals surface area contributed by atoms with Crippen LogP contribution < -0.4 is 5.32 Å². The summed E-state index contributed by atoms with van der Waals surface area (Å²) in [5, 5.41) is 3.72. The molecule has 0 saturated carbocycles. The van der Waals surface area contributed by atoms with E-state index in [1.165, 1.54) is 48.3 Å². The maximum Gasteiger partial charge on any atom is 0.0322 e. The topological polar surface area (TPSA) is 12.0 Å². The Balaban J connectivity index is 2.05. The molecule has 2 heteroatoms. The second-order valence-corrected chi connectivity index (χ2v) is 7.97. The Morgan fingerprint density at radius 1 is 1.24 bits per heavy atom. The van der Waals surface area contributed by atoms with Gasteiger partial charge < -0.3 is 5.32 Å². The fraction of sp³-hybridized carbons (Fsp3) is 0.684. The standard InChI is InChI=1S/C19H31NS/c1-4-20-19(14-16-8-10-21-11-9-16)18-7-5-6-17(13-18)12-15(2)3/h5-7,13,15-16,19-20H,4,8-12,14H2,1-3H3. The summed E-state index contributed by atoms with van der Waals surface area (Å²) < 4.78 is 0. The molecule has 1 unspecified atom stereocenters. The van der Waals surface area contributed by atoms with Crippen molar-refractivity contribution in [3.63, 3.8) is 0 Å². The van der Waals surface area contributed by atoms with Crippen LogP contribution in [0, 0.1) is 11.8 Å². The van der Waals surface area contributed by atoms with Crippen molar-refractivity contribution >= 4 is 11.8 Å². The van der Waals surface area contributed by atoms with E-state index in [0.717, 1.165) is 18.4 Å². The molecule has 118 valence electrons. The molecule has 0 spiro atoms. The third kappa shape index (κ3) is 5.67. The minimum atomic E-state index is 0.537. The first-order chi connectivity index (χ1) is 10.2. The molecule has 0 radical (unpaired) electrons. The van der Waals surface area contributed by atoms with E-state index in [9.17, 15) is 0 Å². The largest absolute Gasteiger partial charge is 0.310 e. The molecule has 1 saturated heterocycles. The van der Waals surface area contributed by atoms with Gasteiger partial charge in [-0.25, -0.2) is 0 Å². The number of thioether (sulfide) groups is 1. The Kier molecular flexibility index (Phi) is 7.12. The van der Waals surface area contributed by atoms with E-state index in [1.807, 2.05) is 0 Å². The lowest BCUT2D eigenvalue weighted by Gasteiger charge is -2.27. The van der Waals surface area contributed by atoms with Gasteiger partial charge in [0.15, 0.2) is 0 Å². The lowest BCUT2D eigenvalue weighted by Crippen LogP contribution is -2.25. The summed E-state index contributed by atoms with van der Waals surface area (Å²) in [6, 6.07) is 9.81. The first-order valence-corrected chi connectivity index (χ1v) is 9.74. The second kappa shape index (κ2) is 8.85. The lowest BCUT2D eigenvalue weighted by atomic mass is 9.89. The second-order valence-electron chi connectivity index (χ2n) is 6.74. The molecular formula is C19H31NS. The van der Waals surface area contributed by atoms with Crippen LogP contribution in [-0.4, -0.2) is 18.1 Å². The average molecular weight is 306 g/mol. The third-order valence-electron chi connectivity index (χ3n) is 4.36. The summed E-state index contributed by atoms with van der Waals surface area (Å²) in [5.41, 5.74) is 2.98. The zero-order valence-electron chi connectivity index (χ0n) is 13.9. The number of rotatable bonds is 7. The van der Waals surface area contributed by atoms with Crippen molar-refractivity contribution in [3.05, 3.63) is 35.4 Å². The number of hydrogen-bond donors (Lipinski definition) is 1. The first-order valence-electron chi connectivity index (χ1n) is 8.59. The van der Waals surface area contributed by atoms with Crippen LogP contribution >= 0.6 is 11.8 Å². The van der Waals surface area contributed by atoms with Crippen LogP contribution in [0.25, 0.3) is 0 Å². The Hall–Kier alpha value is -0.470. The summed E-state index contributed by atoms with van der Waals surface area (Å²) in [6.07, 6.45) is 5.29. The van der Waals surface area contributed by atoms with Gasteiger partial charge in [-0.3, -0.25) is 0 Å². The van der Waals surface area contributed by atoms with E-state index in [-0.39, 0.29) is 0 Å². The van der Waals surface area contributed by atoms with Crippen molar-refractivity contribution in [2.45, 2.75) is 52.5 Å². The van der Waals surface area contributed by atoms with Crippen molar-refractivity contribution in [1.29, 1.82) is 0 Å². The molecule has 1 N–H and O–H groups in total. The molecule has 1 atom stereocenters. The maximum atomic E-state index is 3.72. The molecule has 1 fully saturated rings. The minimum Gasteiger partial charge on any atom is -0.310 e. The summed E-state index contributed by atoms with van der Waals surface area (Å²) in [4.78, 5) is 0. The molecule has 1 aliphatic heterocycles. The van der Waals surface area contributed by atoms with Crippen molar-refractivity contribution in [2.24, 2.45) is 11.8 Å². The van der Waals surface area contributed by atoms with Gasteiger partial charge in [-0.15, -0.1) is 0 Å². The van der Waals surface area contributed by atoms with Gasteiger partial charge in [0.2, 0.25) is 0 Å². The Morgan fingerprint density at radius 3 is 2.67 bits per heavy atom. The highest BCUT2D eigenvalue weighted by molar-refractivity contribution is 7.99. The van der Waals surface area contributed by atoms with Gasteiger partial charge in [-0.1, -0.05) is 45.0 Å². The highest BCUT2D eigenvalue weighted by Crippen LogP contribution is 2.31. The van der Waals surface area contributed by atoms with E-state index in [1.54, 1.807) is 0 Å². The van der Waals surface area contributed by atoms with Crippen molar-refractivity contribution in [3.8, 4) is 0 Å². The Labute approximate surface area is 135 Å². The predicted octanol–water partition coefficient (Wildman–Crippen LogP) is 5.07. The average Bonchev–Trinajstić information content (AvgIpc) is 2.47. The van der Waals surface area contributed by atoms with Crippen LogP contribution in [-0.2, 0) is 6.42 Å². The van der Waals surface area contributed by atoms with Gasteiger partial charge in [0.1, 0.15) is 0 Å². The molecular weight excluding hydrogens is 274 g/mol. The first kappa shape index (κ1) is 16.9. The van der Waals surface area contributed by atoms with Crippen molar-refractivity contribution < 1.29 is 0 Å². The van der Waals surface area contributed by atoms with Gasteiger partial charge in [0.05, 0.1) is 0 Å². The molecule has 1 aliphatic rings. The quantitative estimate of drug-likeness (QED) is 0.755. The van der Waals surface area contributed by atoms with Crippen molar-refractivity contribution in [1.82, 2.24) is 5.32 Å². The zero-order valence-corrected chi connectivity index (χ0v) is 14.7. The molecule has 1 heterocycles. The lowest BCUT2D eigenvalue weighted by molar-refractivity contribution is 0.374. The molecule has 2 rings (SSSR count). The summed E-state index contributed by atoms with van der Waals surface area (Å²) in [7, 11) is 0. The van der Waals surface area contributed by atoms with Crippen LogP contribution in [0.5, 0.6) is 0 Å². The number of benzene rings is 1. The predicted molar refractivity (Wildman–Crippen MR) is 96.1 cm³/mol. The summed E-state index contributed by atoms with van der Waals surface area (Å²) >= 11 is 2.12. The van der Waals surface area contributed by atoms with E-state index in [0.29, 0.717) is 6.04 Å². The summed E-state index contributed by atoms with van der Waals surface area (Å²) in [5.74, 6) is 4.35. The third-order valence-corrected chi connectivity index (χ3v) is 5.41. The molecule has 0 amide bonds. The molecule has 1 nitrogen and oxygen atoms in total. The van der Waals surface area contributed by atoms with Gasteiger partial charge in [-0.05, 0) is 66.7 Å². The minimum absolute atomic E-state index is 0.537. The maximum absolute atomic E-state index is 3.72. The van der Waals surface area contributed by atoms with Crippen LogP contribution in [0.4, 0.5) is 0 Å². The van der Waals surface area contributed by atoms with Crippen LogP contribution in [0.15, 0.2) is 24.3 Å². The molecule has 21 heavy (non-hydrogen) atoms. The van der Waals surface area contributed by atoms with E-state index < -0.39 is 0 Å². The van der Waals surface area contributed by atoms with E-state index >= 15 is 0 Å². The fourth-order valence-corrected chi connectivity index (χ4v) is 4.51. The molecule has 0 aliphatic carbocycles. The molecule has 0 bridgehead atoms. The SMILES string of the molecule is CCNC(CC1CCSCC1)c1cccc(CC(C)C)c1. The monoisotopic (exact) mass is 305 g/mol. The molecule has 1 aromatic carbocycles.